The highest BCUT2D eigenvalue weighted by molar-refractivity contribution is 7.92. The molecule has 0 aliphatic carbocycles. The van der Waals surface area contributed by atoms with Crippen LogP contribution >= 0.6 is 0 Å². The number of nitrogens with two attached hydrogens (primary N) is 1. The second-order valence-electron chi connectivity index (χ2n) is 5.25. The van der Waals surface area contributed by atoms with Crippen LogP contribution in [0.1, 0.15) is 30.5 Å². The van der Waals surface area contributed by atoms with Crippen LogP contribution in [0.4, 0.5) is 0 Å². The van der Waals surface area contributed by atoms with Crippen LogP contribution in [0.2, 0.25) is 0 Å². The van der Waals surface area contributed by atoms with E-state index in [1.807, 2.05) is 38.1 Å². The van der Waals surface area contributed by atoms with Crippen molar-refractivity contribution >= 4 is 9.84 Å². The van der Waals surface area contributed by atoms with E-state index in [4.69, 9.17) is 10.5 Å². The highest BCUT2D eigenvalue weighted by Gasteiger charge is 2.36. The number of benzene rings is 1. The van der Waals surface area contributed by atoms with Gasteiger partial charge in [-0.05, 0) is 25.8 Å². The predicted molar refractivity (Wildman–Crippen MR) is 75.7 cm³/mol. The molecule has 1 saturated heterocycles. The predicted octanol–water partition coefficient (Wildman–Crippen LogP) is 1.59. The first-order valence-corrected chi connectivity index (χ1v) is 8.27. The lowest BCUT2D eigenvalue weighted by Crippen LogP contribution is -2.34. The van der Waals surface area contributed by atoms with Gasteiger partial charge in [-0.15, -0.1) is 0 Å². The summed E-state index contributed by atoms with van der Waals surface area (Å²) in [4.78, 5) is 0. The first kappa shape index (κ1) is 14.5. The van der Waals surface area contributed by atoms with Gasteiger partial charge in [0.05, 0.1) is 17.1 Å². The summed E-state index contributed by atoms with van der Waals surface area (Å²) in [7, 11) is -3.22. The molecular formula is C14H21NO3S. The van der Waals surface area contributed by atoms with E-state index in [0.29, 0.717) is 13.0 Å². The van der Waals surface area contributed by atoms with Crippen molar-refractivity contribution in [2.75, 3.05) is 12.4 Å². The number of hydrogen-bond donors (Lipinski definition) is 1. The molecule has 4 nitrogen and oxygen atoms in total. The van der Waals surface area contributed by atoms with Crippen molar-refractivity contribution in [3.05, 3.63) is 35.4 Å². The molecule has 0 aromatic heterocycles. The molecule has 5 heteroatoms. The molecule has 1 fully saturated rings. The molecule has 106 valence electrons. The van der Waals surface area contributed by atoms with E-state index in [2.05, 4.69) is 0 Å². The molecule has 19 heavy (non-hydrogen) atoms. The van der Waals surface area contributed by atoms with E-state index >= 15 is 0 Å². The molecule has 3 unspecified atom stereocenters. The topological polar surface area (TPSA) is 69.4 Å². The first-order valence-electron chi connectivity index (χ1n) is 6.55. The summed E-state index contributed by atoms with van der Waals surface area (Å²) in [6, 6.07) is 7.21. The van der Waals surface area contributed by atoms with Crippen molar-refractivity contribution < 1.29 is 13.2 Å². The Morgan fingerprint density at radius 1 is 1.47 bits per heavy atom. The Hall–Kier alpha value is -0.910. The van der Waals surface area contributed by atoms with Gasteiger partial charge in [-0.1, -0.05) is 29.8 Å². The van der Waals surface area contributed by atoms with E-state index in [1.54, 1.807) is 0 Å². The van der Waals surface area contributed by atoms with Crippen LogP contribution in [0.3, 0.4) is 0 Å². The summed E-state index contributed by atoms with van der Waals surface area (Å²) in [5.74, 6) is -0.0190. The molecule has 0 amide bonds. The normalized spacial score (nSPS) is 25.4. The van der Waals surface area contributed by atoms with E-state index in [1.165, 1.54) is 0 Å². The van der Waals surface area contributed by atoms with Crippen molar-refractivity contribution in [3.63, 3.8) is 0 Å². The van der Waals surface area contributed by atoms with Gasteiger partial charge in [0.25, 0.3) is 0 Å². The Balaban J connectivity index is 2.12. The standard InChI is InChI=1S/C14H21NO3S/c1-10-4-3-5-12(8-10)13(15)9-19(16,17)14-6-7-18-11(14)2/h3-5,8,11,13-14H,6-7,9,15H2,1-2H3. The second-order valence-corrected chi connectivity index (χ2v) is 7.52. The average Bonchev–Trinajstić information content (AvgIpc) is 2.75. The van der Waals surface area contributed by atoms with Crippen molar-refractivity contribution in [3.8, 4) is 0 Å². The van der Waals surface area contributed by atoms with Crippen LogP contribution in [0.5, 0.6) is 0 Å². The monoisotopic (exact) mass is 283 g/mol. The molecule has 0 bridgehead atoms. The Kier molecular flexibility index (Phi) is 4.28. The van der Waals surface area contributed by atoms with Gasteiger partial charge in [0, 0.05) is 12.6 Å². The summed E-state index contributed by atoms with van der Waals surface area (Å²) in [6.07, 6.45) is 0.346. The summed E-state index contributed by atoms with van der Waals surface area (Å²) >= 11 is 0. The largest absolute Gasteiger partial charge is 0.377 e. The molecular weight excluding hydrogens is 262 g/mol. The Labute approximate surface area is 114 Å². The van der Waals surface area contributed by atoms with Gasteiger partial charge in [0.2, 0.25) is 0 Å². The van der Waals surface area contributed by atoms with E-state index in [9.17, 15) is 8.42 Å². The SMILES string of the molecule is Cc1cccc(C(N)CS(=O)(=O)C2CCOC2C)c1. The highest BCUT2D eigenvalue weighted by atomic mass is 32.2. The Morgan fingerprint density at radius 2 is 2.21 bits per heavy atom. The molecule has 1 heterocycles. The third-order valence-electron chi connectivity index (χ3n) is 3.65. The van der Waals surface area contributed by atoms with E-state index in [-0.39, 0.29) is 11.9 Å². The van der Waals surface area contributed by atoms with Gasteiger partial charge in [-0.2, -0.15) is 0 Å². The molecule has 0 radical (unpaired) electrons. The van der Waals surface area contributed by atoms with E-state index in [0.717, 1.165) is 11.1 Å². The number of rotatable bonds is 4. The fourth-order valence-corrected chi connectivity index (χ4v) is 4.61. The van der Waals surface area contributed by atoms with Crippen LogP contribution in [0.15, 0.2) is 24.3 Å². The van der Waals surface area contributed by atoms with Gasteiger partial charge < -0.3 is 10.5 Å². The number of aryl methyl sites for hydroxylation is 1. The molecule has 2 N–H and O–H groups in total. The highest BCUT2D eigenvalue weighted by Crippen LogP contribution is 2.24. The maximum atomic E-state index is 12.4. The van der Waals surface area contributed by atoms with Crippen LogP contribution in [0, 0.1) is 6.92 Å². The Morgan fingerprint density at radius 3 is 2.79 bits per heavy atom. The molecule has 1 aliphatic rings. The molecule has 0 saturated carbocycles. The van der Waals surface area contributed by atoms with Gasteiger partial charge in [-0.3, -0.25) is 0 Å². The van der Waals surface area contributed by atoms with Crippen LogP contribution in [-0.4, -0.2) is 32.1 Å². The minimum Gasteiger partial charge on any atom is -0.377 e. The lowest BCUT2D eigenvalue weighted by Gasteiger charge is -2.18. The summed E-state index contributed by atoms with van der Waals surface area (Å²) < 4.78 is 30.0. The lowest BCUT2D eigenvalue weighted by molar-refractivity contribution is 0.126. The maximum Gasteiger partial charge on any atom is 0.157 e. The smallest absolute Gasteiger partial charge is 0.157 e. The van der Waals surface area contributed by atoms with Crippen LogP contribution < -0.4 is 5.73 Å². The van der Waals surface area contributed by atoms with Crippen molar-refractivity contribution in [2.24, 2.45) is 5.73 Å². The van der Waals surface area contributed by atoms with Crippen molar-refractivity contribution in [2.45, 2.75) is 37.7 Å². The van der Waals surface area contributed by atoms with Crippen LogP contribution in [-0.2, 0) is 14.6 Å². The first-order chi connectivity index (χ1) is 8.90. The van der Waals surface area contributed by atoms with Gasteiger partial charge in [-0.25, -0.2) is 8.42 Å². The minimum atomic E-state index is -3.22. The quantitative estimate of drug-likeness (QED) is 0.911. The second kappa shape index (κ2) is 5.61. The zero-order valence-corrected chi connectivity index (χ0v) is 12.2. The van der Waals surface area contributed by atoms with Crippen molar-refractivity contribution in [1.82, 2.24) is 0 Å². The molecule has 0 spiro atoms. The summed E-state index contributed by atoms with van der Waals surface area (Å²) in [5, 5.41) is -0.414. The van der Waals surface area contributed by atoms with Crippen LogP contribution in [0.25, 0.3) is 0 Å². The fourth-order valence-electron chi connectivity index (χ4n) is 2.55. The number of sulfone groups is 1. The molecule has 2 rings (SSSR count). The van der Waals surface area contributed by atoms with Gasteiger partial charge in [0.1, 0.15) is 0 Å². The zero-order chi connectivity index (χ0) is 14.0. The molecule has 3 atom stereocenters. The average molecular weight is 283 g/mol. The van der Waals surface area contributed by atoms with E-state index < -0.39 is 21.1 Å². The summed E-state index contributed by atoms with van der Waals surface area (Å²) in [6.45, 7) is 4.30. The molecule has 1 aliphatic heterocycles. The number of hydrogen-bond acceptors (Lipinski definition) is 4. The zero-order valence-electron chi connectivity index (χ0n) is 11.4. The third kappa shape index (κ3) is 3.35. The van der Waals surface area contributed by atoms with Gasteiger partial charge in [0.15, 0.2) is 9.84 Å². The molecule has 1 aromatic carbocycles. The minimum absolute atomic E-state index is 0.0190. The molecule has 1 aromatic rings. The summed E-state index contributed by atoms with van der Waals surface area (Å²) in [5.41, 5.74) is 8.00. The fraction of sp³-hybridized carbons (Fsp3) is 0.571. The maximum absolute atomic E-state index is 12.4. The lowest BCUT2D eigenvalue weighted by atomic mass is 10.1. The Bertz CT molecular complexity index is 541. The number of ether oxygens (including phenoxy) is 1. The van der Waals surface area contributed by atoms with Crippen molar-refractivity contribution in [1.29, 1.82) is 0 Å². The third-order valence-corrected chi connectivity index (χ3v) is 6.02. The van der Waals surface area contributed by atoms with Gasteiger partial charge >= 0.3 is 0 Å².